The lowest BCUT2D eigenvalue weighted by Gasteiger charge is -2.01. The molecule has 0 fully saturated rings. The number of aromatic nitrogens is 1. The van der Waals surface area contributed by atoms with E-state index in [2.05, 4.69) is 4.98 Å². The van der Waals surface area contributed by atoms with Gasteiger partial charge in [-0.2, -0.15) is 0 Å². The quantitative estimate of drug-likeness (QED) is 0.738. The van der Waals surface area contributed by atoms with Crippen LogP contribution in [-0.4, -0.2) is 4.98 Å². The second-order valence-corrected chi connectivity index (χ2v) is 4.29. The summed E-state index contributed by atoms with van der Waals surface area (Å²) in [5.41, 5.74) is 1.64. The summed E-state index contributed by atoms with van der Waals surface area (Å²) in [6.45, 7) is 3.66. The maximum atomic E-state index is 13.1. The van der Waals surface area contributed by atoms with Crippen LogP contribution in [0.2, 0.25) is 0 Å². The molecule has 0 saturated carbocycles. The predicted molar refractivity (Wildman–Crippen MR) is 60.9 cm³/mol. The number of alkyl halides is 1. The molecule has 0 aliphatic heterocycles. The summed E-state index contributed by atoms with van der Waals surface area (Å²) < 4.78 is 18.6. The topological polar surface area (TPSA) is 26.0 Å². The van der Waals surface area contributed by atoms with Gasteiger partial charge in [0.1, 0.15) is 11.2 Å². The molecule has 1 heterocycles. The number of aryl methyl sites for hydroxylation is 1. The lowest BCUT2D eigenvalue weighted by molar-refractivity contribution is 0.507. The standard InChI is InChI=1S/C12H11ClFNO/c1-7-3-4-9(14)5-10(7)11-6-15-12(16-11)8(2)13/h3-6,8H,1-2H3. The smallest absolute Gasteiger partial charge is 0.212 e. The van der Waals surface area contributed by atoms with Crippen molar-refractivity contribution in [1.82, 2.24) is 4.98 Å². The zero-order chi connectivity index (χ0) is 11.7. The number of oxazole rings is 1. The van der Waals surface area contributed by atoms with Gasteiger partial charge in [0.15, 0.2) is 5.76 Å². The molecule has 2 nitrogen and oxygen atoms in total. The largest absolute Gasteiger partial charge is 0.439 e. The van der Waals surface area contributed by atoms with Crippen molar-refractivity contribution in [2.45, 2.75) is 19.2 Å². The average Bonchev–Trinajstić information content (AvgIpc) is 2.70. The number of rotatable bonds is 2. The second kappa shape index (κ2) is 4.26. The minimum atomic E-state index is -0.294. The van der Waals surface area contributed by atoms with E-state index in [0.717, 1.165) is 5.56 Å². The fourth-order valence-electron chi connectivity index (χ4n) is 1.46. The van der Waals surface area contributed by atoms with E-state index in [9.17, 15) is 4.39 Å². The highest BCUT2D eigenvalue weighted by molar-refractivity contribution is 6.20. The van der Waals surface area contributed by atoms with E-state index in [4.69, 9.17) is 16.0 Å². The highest BCUT2D eigenvalue weighted by Crippen LogP contribution is 2.28. The van der Waals surface area contributed by atoms with E-state index >= 15 is 0 Å². The maximum absolute atomic E-state index is 13.1. The predicted octanol–water partition coefficient (Wildman–Crippen LogP) is 4.09. The number of hydrogen-bond acceptors (Lipinski definition) is 2. The van der Waals surface area contributed by atoms with Gasteiger partial charge in [0.2, 0.25) is 5.89 Å². The van der Waals surface area contributed by atoms with Crippen LogP contribution in [0.25, 0.3) is 11.3 Å². The Balaban J connectivity index is 2.46. The van der Waals surface area contributed by atoms with E-state index in [1.54, 1.807) is 19.2 Å². The van der Waals surface area contributed by atoms with Gasteiger partial charge in [-0.1, -0.05) is 6.07 Å². The zero-order valence-corrected chi connectivity index (χ0v) is 9.75. The Bertz CT molecular complexity index is 507. The minimum absolute atomic E-state index is 0.289. The molecule has 0 saturated heterocycles. The number of halogens is 2. The highest BCUT2D eigenvalue weighted by atomic mass is 35.5. The summed E-state index contributed by atoms with van der Waals surface area (Å²) in [5.74, 6) is 0.692. The summed E-state index contributed by atoms with van der Waals surface area (Å²) in [6.07, 6.45) is 1.57. The minimum Gasteiger partial charge on any atom is -0.439 e. The lowest BCUT2D eigenvalue weighted by atomic mass is 10.1. The molecule has 1 unspecified atom stereocenters. The Hall–Kier alpha value is -1.35. The van der Waals surface area contributed by atoms with Gasteiger partial charge in [0.05, 0.1) is 6.20 Å². The van der Waals surface area contributed by atoms with Gasteiger partial charge in [-0.3, -0.25) is 0 Å². The van der Waals surface area contributed by atoms with Gasteiger partial charge < -0.3 is 4.42 Å². The van der Waals surface area contributed by atoms with Gasteiger partial charge in [-0.05, 0) is 31.5 Å². The van der Waals surface area contributed by atoms with Gasteiger partial charge in [-0.15, -0.1) is 11.6 Å². The molecule has 0 amide bonds. The molecule has 0 bridgehead atoms. The Morgan fingerprint density at radius 1 is 1.44 bits per heavy atom. The van der Waals surface area contributed by atoms with Crippen molar-refractivity contribution >= 4 is 11.6 Å². The van der Waals surface area contributed by atoms with Crippen LogP contribution in [0.3, 0.4) is 0 Å². The molecule has 84 valence electrons. The van der Waals surface area contributed by atoms with Gasteiger partial charge in [-0.25, -0.2) is 9.37 Å². The van der Waals surface area contributed by atoms with E-state index in [1.807, 2.05) is 6.92 Å². The summed E-state index contributed by atoms with van der Waals surface area (Å²) >= 11 is 5.84. The third kappa shape index (κ3) is 2.09. The van der Waals surface area contributed by atoms with E-state index in [1.165, 1.54) is 12.1 Å². The Kier molecular flexibility index (Phi) is 2.97. The van der Waals surface area contributed by atoms with Crippen LogP contribution >= 0.6 is 11.6 Å². The Morgan fingerprint density at radius 2 is 2.19 bits per heavy atom. The van der Waals surface area contributed by atoms with E-state index in [0.29, 0.717) is 17.2 Å². The molecular weight excluding hydrogens is 229 g/mol. The summed E-state index contributed by atoms with van der Waals surface area (Å²) in [7, 11) is 0. The van der Waals surface area contributed by atoms with Crippen LogP contribution in [-0.2, 0) is 0 Å². The fourth-order valence-corrected chi connectivity index (χ4v) is 1.56. The van der Waals surface area contributed by atoms with Crippen molar-refractivity contribution in [2.75, 3.05) is 0 Å². The molecule has 16 heavy (non-hydrogen) atoms. The number of nitrogens with zero attached hydrogens (tertiary/aromatic N) is 1. The molecular formula is C12H11ClFNO. The summed E-state index contributed by atoms with van der Waals surface area (Å²) in [4.78, 5) is 4.04. The van der Waals surface area contributed by atoms with Crippen LogP contribution in [0.5, 0.6) is 0 Å². The monoisotopic (exact) mass is 239 g/mol. The van der Waals surface area contributed by atoms with Crippen LogP contribution in [0.15, 0.2) is 28.8 Å². The Morgan fingerprint density at radius 3 is 2.81 bits per heavy atom. The molecule has 0 radical (unpaired) electrons. The summed E-state index contributed by atoms with van der Waals surface area (Å²) in [5, 5.41) is -0.289. The third-order valence-corrected chi connectivity index (χ3v) is 2.52. The molecule has 0 aliphatic carbocycles. The molecule has 1 atom stereocenters. The van der Waals surface area contributed by atoms with Crippen molar-refractivity contribution in [3.05, 3.63) is 41.7 Å². The second-order valence-electron chi connectivity index (χ2n) is 3.64. The zero-order valence-electron chi connectivity index (χ0n) is 9.00. The van der Waals surface area contributed by atoms with E-state index in [-0.39, 0.29) is 11.2 Å². The van der Waals surface area contributed by atoms with Crippen molar-refractivity contribution in [1.29, 1.82) is 0 Å². The molecule has 0 aliphatic rings. The first-order chi connectivity index (χ1) is 7.58. The molecule has 1 aromatic carbocycles. The lowest BCUT2D eigenvalue weighted by Crippen LogP contribution is -1.83. The maximum Gasteiger partial charge on any atom is 0.212 e. The van der Waals surface area contributed by atoms with Gasteiger partial charge in [0.25, 0.3) is 0 Å². The van der Waals surface area contributed by atoms with Crippen LogP contribution in [0.4, 0.5) is 4.39 Å². The molecule has 0 N–H and O–H groups in total. The first kappa shape index (κ1) is 11.1. The van der Waals surface area contributed by atoms with Crippen molar-refractivity contribution in [2.24, 2.45) is 0 Å². The molecule has 2 rings (SSSR count). The number of hydrogen-bond donors (Lipinski definition) is 0. The highest BCUT2D eigenvalue weighted by Gasteiger charge is 2.12. The third-order valence-electron chi connectivity index (χ3n) is 2.33. The SMILES string of the molecule is Cc1ccc(F)cc1-c1cnc(C(C)Cl)o1. The van der Waals surface area contributed by atoms with Gasteiger partial charge in [0, 0.05) is 5.56 Å². The molecule has 4 heteroatoms. The molecule has 2 aromatic rings. The van der Waals surface area contributed by atoms with Crippen LogP contribution in [0, 0.1) is 12.7 Å². The first-order valence-electron chi connectivity index (χ1n) is 4.94. The molecule has 0 spiro atoms. The molecule has 1 aromatic heterocycles. The van der Waals surface area contributed by atoms with Crippen LogP contribution < -0.4 is 0 Å². The number of benzene rings is 1. The van der Waals surface area contributed by atoms with Crippen LogP contribution in [0.1, 0.15) is 23.8 Å². The van der Waals surface area contributed by atoms with Gasteiger partial charge >= 0.3 is 0 Å². The fraction of sp³-hybridized carbons (Fsp3) is 0.250. The normalized spacial score (nSPS) is 12.8. The van der Waals surface area contributed by atoms with E-state index < -0.39 is 0 Å². The van der Waals surface area contributed by atoms with Crippen molar-refractivity contribution in [3.63, 3.8) is 0 Å². The van der Waals surface area contributed by atoms with Crippen molar-refractivity contribution in [3.8, 4) is 11.3 Å². The first-order valence-corrected chi connectivity index (χ1v) is 5.38. The Labute approximate surface area is 98.1 Å². The average molecular weight is 240 g/mol. The van der Waals surface area contributed by atoms with Crippen molar-refractivity contribution < 1.29 is 8.81 Å². The summed E-state index contributed by atoms with van der Waals surface area (Å²) in [6, 6.07) is 4.55.